The van der Waals surface area contributed by atoms with Gasteiger partial charge in [-0.1, -0.05) is 18.2 Å². The quantitative estimate of drug-likeness (QED) is 0.877. The predicted molar refractivity (Wildman–Crippen MR) is 85.9 cm³/mol. The van der Waals surface area contributed by atoms with Crippen LogP contribution in [0.5, 0.6) is 5.75 Å². The summed E-state index contributed by atoms with van der Waals surface area (Å²) >= 11 is 0. The summed E-state index contributed by atoms with van der Waals surface area (Å²) in [7, 11) is 1.54. The molecule has 0 aliphatic rings. The van der Waals surface area contributed by atoms with Crippen molar-refractivity contribution in [2.45, 2.75) is 13.8 Å². The average molecular weight is 284 g/mol. The molecule has 4 heteroatoms. The zero-order valence-electron chi connectivity index (χ0n) is 12.6. The van der Waals surface area contributed by atoms with Gasteiger partial charge in [0.25, 0.3) is 5.91 Å². The summed E-state index contributed by atoms with van der Waals surface area (Å²) in [5.74, 6) is 0.399. The van der Waals surface area contributed by atoms with Crippen LogP contribution in [0.2, 0.25) is 0 Å². The first-order valence-corrected chi connectivity index (χ1v) is 6.89. The van der Waals surface area contributed by atoms with Gasteiger partial charge in [0.1, 0.15) is 5.75 Å². The van der Waals surface area contributed by atoms with Crippen molar-refractivity contribution >= 4 is 17.3 Å². The van der Waals surface area contributed by atoms with Crippen LogP contribution in [-0.2, 0) is 0 Å². The lowest BCUT2D eigenvalue weighted by Gasteiger charge is -2.24. The number of anilines is 2. The number of rotatable bonds is 4. The molecule has 0 saturated heterocycles. The number of nitrogen functional groups attached to an aromatic ring is 1. The van der Waals surface area contributed by atoms with Crippen molar-refractivity contribution in [3.05, 3.63) is 53.6 Å². The molecule has 0 atom stereocenters. The second-order valence-corrected chi connectivity index (χ2v) is 4.80. The van der Waals surface area contributed by atoms with Crippen LogP contribution in [0.1, 0.15) is 22.8 Å². The number of aryl methyl sites for hydroxylation is 1. The number of benzene rings is 2. The Morgan fingerprint density at radius 1 is 1.24 bits per heavy atom. The highest BCUT2D eigenvalue weighted by Crippen LogP contribution is 2.27. The lowest BCUT2D eigenvalue weighted by Crippen LogP contribution is -2.31. The monoisotopic (exact) mass is 284 g/mol. The fourth-order valence-electron chi connectivity index (χ4n) is 2.32. The van der Waals surface area contributed by atoms with Crippen molar-refractivity contribution in [2.75, 3.05) is 24.3 Å². The predicted octanol–water partition coefficient (Wildman–Crippen LogP) is 3.25. The molecule has 4 nitrogen and oxygen atoms in total. The fourth-order valence-corrected chi connectivity index (χ4v) is 2.32. The smallest absolute Gasteiger partial charge is 0.262 e. The highest BCUT2D eigenvalue weighted by atomic mass is 16.5. The second kappa shape index (κ2) is 6.31. The molecule has 0 aliphatic heterocycles. The van der Waals surface area contributed by atoms with Gasteiger partial charge in [-0.3, -0.25) is 4.79 Å². The Morgan fingerprint density at radius 2 is 1.95 bits per heavy atom. The second-order valence-electron chi connectivity index (χ2n) is 4.80. The Labute approximate surface area is 125 Å². The van der Waals surface area contributed by atoms with Crippen molar-refractivity contribution in [1.82, 2.24) is 0 Å². The van der Waals surface area contributed by atoms with E-state index in [0.717, 1.165) is 11.3 Å². The first kappa shape index (κ1) is 14.9. The van der Waals surface area contributed by atoms with E-state index >= 15 is 0 Å². The Kier molecular flexibility index (Phi) is 4.48. The Balaban J connectivity index is 2.44. The summed E-state index contributed by atoms with van der Waals surface area (Å²) in [6, 6.07) is 12.9. The van der Waals surface area contributed by atoms with Crippen molar-refractivity contribution in [3.8, 4) is 5.75 Å². The van der Waals surface area contributed by atoms with E-state index in [9.17, 15) is 4.79 Å². The van der Waals surface area contributed by atoms with Gasteiger partial charge < -0.3 is 15.4 Å². The van der Waals surface area contributed by atoms with Crippen molar-refractivity contribution < 1.29 is 9.53 Å². The normalized spacial score (nSPS) is 10.2. The molecule has 110 valence electrons. The summed E-state index contributed by atoms with van der Waals surface area (Å²) in [6.45, 7) is 4.52. The van der Waals surface area contributed by atoms with Gasteiger partial charge in [-0.2, -0.15) is 0 Å². The largest absolute Gasteiger partial charge is 0.496 e. The Hall–Kier alpha value is -2.49. The number of carbonyl (C=O) groups is 1. The lowest BCUT2D eigenvalue weighted by molar-refractivity contribution is 0.0985. The zero-order valence-corrected chi connectivity index (χ0v) is 12.6. The van der Waals surface area contributed by atoms with Crippen LogP contribution in [-0.4, -0.2) is 19.6 Å². The molecule has 2 rings (SSSR count). The molecule has 0 fully saturated rings. The van der Waals surface area contributed by atoms with Gasteiger partial charge in [0.05, 0.1) is 12.7 Å². The van der Waals surface area contributed by atoms with Crippen LogP contribution >= 0.6 is 0 Å². The summed E-state index contributed by atoms with van der Waals surface area (Å²) in [5, 5.41) is 0. The molecule has 2 aromatic rings. The highest BCUT2D eigenvalue weighted by molar-refractivity contribution is 6.08. The van der Waals surface area contributed by atoms with Crippen LogP contribution in [0.4, 0.5) is 11.4 Å². The van der Waals surface area contributed by atoms with Gasteiger partial charge in [-0.15, -0.1) is 0 Å². The molecule has 0 unspecified atom stereocenters. The van der Waals surface area contributed by atoms with Crippen molar-refractivity contribution in [2.24, 2.45) is 0 Å². The summed E-state index contributed by atoms with van der Waals surface area (Å²) in [5.41, 5.74) is 8.79. The third-order valence-corrected chi connectivity index (χ3v) is 3.42. The minimum absolute atomic E-state index is 0.0938. The molecule has 2 N–H and O–H groups in total. The summed E-state index contributed by atoms with van der Waals surface area (Å²) in [4.78, 5) is 14.6. The van der Waals surface area contributed by atoms with Crippen molar-refractivity contribution in [1.29, 1.82) is 0 Å². The maximum absolute atomic E-state index is 12.8. The number of ether oxygens (including phenoxy) is 1. The maximum Gasteiger partial charge on any atom is 0.262 e. The number of nitrogens with zero attached hydrogens (tertiary/aromatic N) is 1. The Morgan fingerprint density at radius 3 is 2.57 bits per heavy atom. The van der Waals surface area contributed by atoms with E-state index in [1.807, 2.05) is 38.1 Å². The van der Waals surface area contributed by atoms with E-state index in [0.29, 0.717) is 23.5 Å². The molecule has 0 aromatic heterocycles. The van der Waals surface area contributed by atoms with Gasteiger partial charge in [0, 0.05) is 24.0 Å². The lowest BCUT2D eigenvalue weighted by atomic mass is 10.1. The molecule has 0 aliphatic carbocycles. The van der Waals surface area contributed by atoms with Crippen LogP contribution in [0, 0.1) is 6.92 Å². The first-order valence-electron chi connectivity index (χ1n) is 6.89. The van der Waals surface area contributed by atoms with Gasteiger partial charge in [0.15, 0.2) is 0 Å². The molecule has 0 spiro atoms. The van der Waals surface area contributed by atoms with E-state index in [2.05, 4.69) is 0 Å². The summed E-state index contributed by atoms with van der Waals surface area (Å²) < 4.78 is 5.28. The molecule has 1 amide bonds. The van der Waals surface area contributed by atoms with Crippen LogP contribution < -0.4 is 15.4 Å². The number of nitrogens with two attached hydrogens (primary N) is 1. The van der Waals surface area contributed by atoms with Crippen molar-refractivity contribution in [3.63, 3.8) is 0 Å². The maximum atomic E-state index is 12.8. The van der Waals surface area contributed by atoms with Crippen LogP contribution in [0.25, 0.3) is 0 Å². The molecule has 0 bridgehead atoms. The summed E-state index contributed by atoms with van der Waals surface area (Å²) in [6.07, 6.45) is 0. The van der Waals surface area contributed by atoms with E-state index in [-0.39, 0.29) is 5.91 Å². The molecule has 0 radical (unpaired) electrons. The van der Waals surface area contributed by atoms with Crippen LogP contribution in [0.15, 0.2) is 42.5 Å². The third-order valence-electron chi connectivity index (χ3n) is 3.42. The Bertz CT molecular complexity index is 653. The van der Waals surface area contributed by atoms with E-state index in [1.54, 1.807) is 23.1 Å². The molecule has 0 heterocycles. The molecular weight excluding hydrogens is 264 g/mol. The van der Waals surface area contributed by atoms with Gasteiger partial charge in [0.2, 0.25) is 0 Å². The fraction of sp³-hybridized carbons (Fsp3) is 0.235. The zero-order chi connectivity index (χ0) is 15.4. The SMILES string of the molecule is CCN(C(=O)c1ccc(N)cc1OC)c1ccccc1C. The minimum atomic E-state index is -0.0938. The van der Waals surface area contributed by atoms with E-state index in [1.165, 1.54) is 7.11 Å². The molecule has 2 aromatic carbocycles. The topological polar surface area (TPSA) is 55.6 Å². The van der Waals surface area contributed by atoms with E-state index in [4.69, 9.17) is 10.5 Å². The van der Waals surface area contributed by atoms with E-state index < -0.39 is 0 Å². The van der Waals surface area contributed by atoms with Crippen LogP contribution in [0.3, 0.4) is 0 Å². The molecular formula is C17H20N2O2. The number of methoxy groups -OCH3 is 1. The van der Waals surface area contributed by atoms with Gasteiger partial charge in [-0.05, 0) is 37.6 Å². The number of hydrogen-bond acceptors (Lipinski definition) is 3. The average Bonchev–Trinajstić information content (AvgIpc) is 2.49. The number of hydrogen-bond donors (Lipinski definition) is 1. The minimum Gasteiger partial charge on any atom is -0.496 e. The first-order chi connectivity index (χ1) is 10.1. The van der Waals surface area contributed by atoms with Gasteiger partial charge >= 0.3 is 0 Å². The van der Waals surface area contributed by atoms with Gasteiger partial charge in [-0.25, -0.2) is 0 Å². The molecule has 21 heavy (non-hydrogen) atoms. The number of amides is 1. The standard InChI is InChI=1S/C17H20N2O2/c1-4-19(15-8-6-5-7-12(15)2)17(20)14-10-9-13(18)11-16(14)21-3/h5-11H,4,18H2,1-3H3. The highest BCUT2D eigenvalue weighted by Gasteiger charge is 2.20. The third kappa shape index (κ3) is 2.99. The number of carbonyl (C=O) groups excluding carboxylic acids is 1. The number of para-hydroxylation sites is 1. The molecule has 0 saturated carbocycles.